The molecule has 5 heterocycles. The van der Waals surface area contributed by atoms with Crippen LogP contribution in [-0.2, 0) is 32.3 Å². The fourth-order valence-corrected chi connectivity index (χ4v) is 8.47. The molecule has 3 atom stereocenters. The maximum absolute atomic E-state index is 14.0. The van der Waals surface area contributed by atoms with Crippen LogP contribution >= 0.6 is 11.3 Å². The molecule has 0 radical (unpaired) electrons. The first-order valence-corrected chi connectivity index (χ1v) is 23.6. The number of aromatic nitrogens is 6. The third-order valence-electron chi connectivity index (χ3n) is 11.2. The van der Waals surface area contributed by atoms with Crippen molar-refractivity contribution in [2.75, 3.05) is 38.5 Å². The number of imidazole rings is 1. The lowest BCUT2D eigenvalue weighted by atomic mass is 9.85. The van der Waals surface area contributed by atoms with Gasteiger partial charge >= 0.3 is 0 Å². The number of nitrogen functional groups attached to an aromatic ring is 1. The molecule has 8 N–H and O–H groups in total. The molecule has 1 saturated heterocycles. The van der Waals surface area contributed by atoms with Crippen LogP contribution in [-0.4, -0.2) is 125 Å². The van der Waals surface area contributed by atoms with Gasteiger partial charge in [0.05, 0.1) is 35.0 Å². The number of β-amino-alcohol motifs (C(OH)–C–C–N with tert-alkyl or cyclic N) is 1. The number of aliphatic hydroxyl groups excluding tert-OH is 1. The van der Waals surface area contributed by atoms with Crippen molar-refractivity contribution in [3.05, 3.63) is 52.9 Å². The lowest BCUT2D eigenvalue weighted by molar-refractivity contribution is -0.144. The third-order valence-corrected chi connectivity index (χ3v) is 12.1. The Kier molecular flexibility index (Phi) is 16.9. The number of carbonyl (C=O) groups is 4. The van der Waals surface area contributed by atoms with E-state index < -0.39 is 41.0 Å². The summed E-state index contributed by atoms with van der Waals surface area (Å²) >= 11 is 1.56. The molecule has 21 heteroatoms. The van der Waals surface area contributed by atoms with Crippen LogP contribution in [0.4, 0.5) is 5.82 Å². The molecular weight excluding hydrogens is 893 g/mol. The molecular formula is C47H62N12O8S. The van der Waals surface area contributed by atoms with Gasteiger partial charge in [-0.25, -0.2) is 19.6 Å². The number of hydrogen-bond acceptors (Lipinski definition) is 16. The smallest absolute Gasteiger partial charge is 0.246 e. The second kappa shape index (κ2) is 22.6. The maximum atomic E-state index is 14.0. The van der Waals surface area contributed by atoms with Crippen molar-refractivity contribution >= 4 is 51.8 Å². The Morgan fingerprint density at radius 1 is 1.01 bits per heavy atom. The Balaban J connectivity index is 0.908. The Bertz CT molecular complexity index is 2620. The van der Waals surface area contributed by atoms with Gasteiger partial charge in [-0.05, 0) is 86.4 Å². The molecule has 1 fully saturated rings. The van der Waals surface area contributed by atoms with E-state index in [4.69, 9.17) is 20.1 Å². The van der Waals surface area contributed by atoms with Crippen molar-refractivity contribution < 1.29 is 38.8 Å². The number of nitrogens with two attached hydrogens (primary N) is 1. The van der Waals surface area contributed by atoms with E-state index >= 15 is 0 Å². The number of aliphatic hydroxyl groups is 2. The van der Waals surface area contributed by atoms with E-state index in [1.54, 1.807) is 36.9 Å². The van der Waals surface area contributed by atoms with E-state index in [9.17, 15) is 29.4 Å². The number of anilines is 1. The molecule has 20 nitrogen and oxygen atoms in total. The Labute approximate surface area is 399 Å². The number of pyridine rings is 1. The molecule has 68 heavy (non-hydrogen) atoms. The van der Waals surface area contributed by atoms with Gasteiger partial charge < -0.3 is 51.4 Å². The summed E-state index contributed by atoms with van der Waals surface area (Å²) < 4.78 is 12.9. The van der Waals surface area contributed by atoms with Gasteiger partial charge in [0, 0.05) is 45.4 Å². The van der Waals surface area contributed by atoms with E-state index in [1.807, 2.05) is 63.5 Å². The fraction of sp³-hybridized carbons (Fsp3) is 0.511. The van der Waals surface area contributed by atoms with Gasteiger partial charge in [-0.2, -0.15) is 0 Å². The number of carbonyl (C=O) groups excluding carboxylic acids is 4. The van der Waals surface area contributed by atoms with Crippen molar-refractivity contribution in [3.8, 4) is 39.5 Å². The standard InChI is InChI=1S/C47H62N12O8S/c1-8-58-39-34(25-51-32(16-18-47(6,7)65)37(39)55-43(58)38-42(48)57-67-56-38)66-22-10-20-49-19-9-11-35(61)50-21-17-36(62)54-41(46(3,4)5)45(64)59-26-31(60)23-33(59)44(63)52-24-29-12-14-30(15-13-29)40-28(2)53-27-68-40/h12-15,25,27,31,33,41,49,60,65H,8-11,17,19-24,26H2,1-7H3,(H2,48,57)(H,50,61)(H,52,63)(H,54,62)/t31-,33+,41-/m1/s1. The number of likely N-dealkylation sites (tertiary alicyclic amines) is 1. The number of nitrogens with one attached hydrogen (secondary N) is 4. The average molecular weight is 955 g/mol. The van der Waals surface area contributed by atoms with E-state index in [0.717, 1.165) is 21.7 Å². The maximum Gasteiger partial charge on any atom is 0.246 e. The number of nitrogens with zero attached hydrogens (tertiary/aromatic N) is 7. The molecule has 1 aliphatic heterocycles. The first kappa shape index (κ1) is 50.9. The number of ether oxygens (including phenoxy) is 1. The molecule has 0 spiro atoms. The van der Waals surface area contributed by atoms with Crippen molar-refractivity contribution in [2.24, 2.45) is 5.41 Å². The summed E-state index contributed by atoms with van der Waals surface area (Å²) in [5.41, 5.74) is 10.4. The number of fused-ring (bicyclic) bond motifs is 1. The van der Waals surface area contributed by atoms with Crippen LogP contribution < -0.4 is 31.7 Å². The molecule has 0 saturated carbocycles. The van der Waals surface area contributed by atoms with E-state index in [1.165, 1.54) is 4.90 Å². The van der Waals surface area contributed by atoms with Crippen LogP contribution in [0.1, 0.15) is 90.6 Å². The predicted molar refractivity (Wildman–Crippen MR) is 256 cm³/mol. The van der Waals surface area contributed by atoms with E-state index in [-0.39, 0.29) is 62.2 Å². The zero-order chi connectivity index (χ0) is 49.2. The van der Waals surface area contributed by atoms with E-state index in [0.29, 0.717) is 67.4 Å². The topological polar surface area (TPSA) is 278 Å². The zero-order valence-corrected chi connectivity index (χ0v) is 40.5. The number of aryl methyl sites for hydroxylation is 2. The minimum absolute atomic E-state index is 0.0350. The summed E-state index contributed by atoms with van der Waals surface area (Å²) in [7, 11) is 0. The van der Waals surface area contributed by atoms with Crippen LogP contribution in [0.3, 0.4) is 0 Å². The SMILES string of the molecule is CCn1c(-c2nonc2N)nc2c(C#CC(C)(C)O)ncc(OCCCNCCCC(=O)NCCC(=O)N[C@H](C(=O)N3C[C@H](O)C[C@H]3C(=O)NCc3ccc(-c4scnc4C)cc3)C(C)(C)C)c21. The summed E-state index contributed by atoms with van der Waals surface area (Å²) in [6, 6.07) is 5.94. The van der Waals surface area contributed by atoms with Crippen LogP contribution in [0.5, 0.6) is 5.75 Å². The molecule has 1 aromatic carbocycles. The minimum atomic E-state index is -1.25. The number of rotatable bonds is 20. The second-order valence-electron chi connectivity index (χ2n) is 18.3. The van der Waals surface area contributed by atoms with Gasteiger partial charge in [0.2, 0.25) is 23.6 Å². The van der Waals surface area contributed by atoms with Crippen molar-refractivity contribution in [2.45, 2.75) is 117 Å². The quantitative estimate of drug-likeness (QED) is 0.0436. The van der Waals surface area contributed by atoms with Crippen LogP contribution in [0.15, 0.2) is 40.6 Å². The molecule has 5 aromatic rings. The molecule has 0 aliphatic carbocycles. The monoisotopic (exact) mass is 954 g/mol. The van der Waals surface area contributed by atoms with Gasteiger partial charge in [-0.1, -0.05) is 51.0 Å². The first-order chi connectivity index (χ1) is 32.3. The van der Waals surface area contributed by atoms with Gasteiger partial charge in [-0.3, -0.25) is 19.2 Å². The van der Waals surface area contributed by atoms with Crippen molar-refractivity contribution in [1.29, 1.82) is 0 Å². The summed E-state index contributed by atoms with van der Waals surface area (Å²) in [6.07, 6.45) is 2.16. The molecule has 364 valence electrons. The Morgan fingerprint density at radius 2 is 1.76 bits per heavy atom. The minimum Gasteiger partial charge on any atom is -0.490 e. The Hall–Kier alpha value is -6.47. The highest BCUT2D eigenvalue weighted by Gasteiger charge is 2.44. The summed E-state index contributed by atoms with van der Waals surface area (Å²) in [4.78, 5) is 69.2. The number of benzene rings is 1. The molecule has 4 aromatic heterocycles. The highest BCUT2D eigenvalue weighted by Crippen LogP contribution is 2.34. The van der Waals surface area contributed by atoms with Gasteiger partial charge in [0.25, 0.3) is 0 Å². The van der Waals surface area contributed by atoms with Crippen molar-refractivity contribution in [1.82, 2.24) is 56.0 Å². The largest absolute Gasteiger partial charge is 0.490 e. The molecule has 4 amide bonds. The molecule has 1 aliphatic rings. The average Bonchev–Trinajstić information content (AvgIpc) is 4.10. The normalized spacial score (nSPS) is 15.5. The highest BCUT2D eigenvalue weighted by molar-refractivity contribution is 7.13. The highest BCUT2D eigenvalue weighted by atomic mass is 32.1. The zero-order valence-electron chi connectivity index (χ0n) is 39.6. The number of thiazole rings is 1. The number of hydrogen-bond donors (Lipinski definition) is 7. The van der Waals surface area contributed by atoms with Crippen LogP contribution in [0.2, 0.25) is 0 Å². The lowest BCUT2D eigenvalue weighted by Gasteiger charge is -2.35. The third kappa shape index (κ3) is 13.2. The Morgan fingerprint density at radius 3 is 2.43 bits per heavy atom. The molecule has 0 unspecified atom stereocenters. The van der Waals surface area contributed by atoms with Gasteiger partial charge in [0.15, 0.2) is 23.1 Å². The summed E-state index contributed by atoms with van der Waals surface area (Å²) in [6.45, 7) is 14.8. The fourth-order valence-electron chi connectivity index (χ4n) is 7.66. The molecule has 0 bridgehead atoms. The van der Waals surface area contributed by atoms with Crippen LogP contribution in [0.25, 0.3) is 33.0 Å². The van der Waals surface area contributed by atoms with Crippen molar-refractivity contribution in [3.63, 3.8) is 0 Å². The number of amides is 4. The van der Waals surface area contributed by atoms with Gasteiger partial charge in [0.1, 0.15) is 34.4 Å². The van der Waals surface area contributed by atoms with Gasteiger partial charge in [-0.15, -0.1) is 11.3 Å². The summed E-state index contributed by atoms with van der Waals surface area (Å²) in [5.74, 6) is 5.19. The second-order valence-corrected chi connectivity index (χ2v) is 19.1. The van der Waals surface area contributed by atoms with E-state index in [2.05, 4.69) is 53.4 Å². The first-order valence-electron chi connectivity index (χ1n) is 22.7. The summed E-state index contributed by atoms with van der Waals surface area (Å²) in [5, 5.41) is 40.2. The molecule has 6 rings (SSSR count). The lowest BCUT2D eigenvalue weighted by Crippen LogP contribution is -2.57. The van der Waals surface area contributed by atoms with Crippen LogP contribution in [0, 0.1) is 24.2 Å². The predicted octanol–water partition coefficient (Wildman–Crippen LogP) is 3.09.